The first kappa shape index (κ1) is 18.2. The second-order valence-electron chi connectivity index (χ2n) is 7.52. The molecule has 0 bridgehead atoms. The van der Waals surface area contributed by atoms with E-state index in [2.05, 4.69) is 25.8 Å². The largest absolute Gasteiger partial charge is 0.466 e. The van der Waals surface area contributed by atoms with E-state index in [0.717, 1.165) is 49.8 Å². The molecule has 0 amide bonds. The summed E-state index contributed by atoms with van der Waals surface area (Å²) in [5.74, 6) is 2.37. The molecule has 0 unspecified atom stereocenters. The minimum Gasteiger partial charge on any atom is -0.466 e. The number of hydrogen-bond donors (Lipinski definition) is 0. The first-order valence-electron chi connectivity index (χ1n) is 10.0. The van der Waals surface area contributed by atoms with Crippen LogP contribution >= 0.6 is 0 Å². The number of aromatic nitrogens is 4. The Morgan fingerprint density at radius 2 is 2.04 bits per heavy atom. The molecule has 0 radical (unpaired) electrons. The summed E-state index contributed by atoms with van der Waals surface area (Å²) in [5, 5.41) is 4.74. The molecular formula is C19H28N6O2. The number of rotatable bonds is 5. The van der Waals surface area contributed by atoms with Crippen LogP contribution in [0.25, 0.3) is 5.78 Å². The molecular weight excluding hydrogens is 344 g/mol. The number of likely N-dealkylation sites (tertiary alicyclic amines) is 1. The first-order chi connectivity index (χ1) is 13.1. The molecule has 2 aromatic heterocycles. The predicted octanol–water partition coefficient (Wildman–Crippen LogP) is 1.81. The first-order valence-corrected chi connectivity index (χ1v) is 10.0. The lowest BCUT2D eigenvalue weighted by molar-refractivity contribution is -0.150. The van der Waals surface area contributed by atoms with Gasteiger partial charge in [0.15, 0.2) is 5.82 Å². The smallest absolute Gasteiger partial charge is 0.310 e. The fraction of sp³-hybridized carbons (Fsp3) is 0.684. The van der Waals surface area contributed by atoms with Crippen LogP contribution in [-0.2, 0) is 16.1 Å². The van der Waals surface area contributed by atoms with Crippen LogP contribution < -0.4 is 4.90 Å². The topological polar surface area (TPSA) is 75.9 Å². The molecule has 146 valence electrons. The second-order valence-corrected chi connectivity index (χ2v) is 7.52. The molecule has 2 fully saturated rings. The van der Waals surface area contributed by atoms with Gasteiger partial charge in [0.05, 0.1) is 19.1 Å². The Bertz CT molecular complexity index is 814. The molecule has 8 heteroatoms. The lowest BCUT2D eigenvalue weighted by Gasteiger charge is -2.30. The van der Waals surface area contributed by atoms with Crippen LogP contribution in [0.1, 0.15) is 44.1 Å². The summed E-state index contributed by atoms with van der Waals surface area (Å²) in [6, 6.07) is 2.09. The van der Waals surface area contributed by atoms with Gasteiger partial charge in [-0.15, -0.1) is 5.10 Å². The highest BCUT2D eigenvalue weighted by atomic mass is 16.5. The molecule has 0 spiro atoms. The van der Waals surface area contributed by atoms with Gasteiger partial charge in [-0.1, -0.05) is 0 Å². The summed E-state index contributed by atoms with van der Waals surface area (Å²) in [7, 11) is 0. The van der Waals surface area contributed by atoms with Crippen LogP contribution in [0.2, 0.25) is 0 Å². The Hall–Kier alpha value is -2.22. The third-order valence-electron chi connectivity index (χ3n) is 5.39. The third kappa shape index (κ3) is 3.90. The van der Waals surface area contributed by atoms with Crippen molar-refractivity contribution in [2.24, 2.45) is 5.92 Å². The lowest BCUT2D eigenvalue weighted by Crippen LogP contribution is -2.39. The van der Waals surface area contributed by atoms with E-state index in [4.69, 9.17) is 9.84 Å². The number of hydrogen-bond acceptors (Lipinski definition) is 7. The van der Waals surface area contributed by atoms with Gasteiger partial charge in [0, 0.05) is 31.4 Å². The van der Waals surface area contributed by atoms with Crippen molar-refractivity contribution in [1.29, 1.82) is 0 Å². The minimum absolute atomic E-state index is 0.0451. The standard InChI is InChI=1S/C19H28N6O2/c1-3-27-18(26)15-7-6-8-23(12-15)13-16-21-19-20-14(2)11-17(25(19)22-16)24-9-4-5-10-24/h11,15H,3-10,12-13H2,1-2H3/t15-/m1/s1. The second kappa shape index (κ2) is 7.80. The van der Waals surface area contributed by atoms with Crippen LogP contribution in [0.4, 0.5) is 5.82 Å². The van der Waals surface area contributed by atoms with E-state index >= 15 is 0 Å². The van der Waals surface area contributed by atoms with Crippen molar-refractivity contribution in [3.05, 3.63) is 17.6 Å². The lowest BCUT2D eigenvalue weighted by atomic mass is 9.98. The van der Waals surface area contributed by atoms with Gasteiger partial charge in [-0.3, -0.25) is 9.69 Å². The Kier molecular flexibility index (Phi) is 5.24. The van der Waals surface area contributed by atoms with Gasteiger partial charge in [0.2, 0.25) is 0 Å². The van der Waals surface area contributed by atoms with E-state index < -0.39 is 0 Å². The Labute approximate surface area is 159 Å². The number of carbonyl (C=O) groups is 1. The van der Waals surface area contributed by atoms with Crippen LogP contribution in [-0.4, -0.2) is 63.2 Å². The highest BCUT2D eigenvalue weighted by Crippen LogP contribution is 2.23. The van der Waals surface area contributed by atoms with E-state index in [1.165, 1.54) is 12.8 Å². The highest BCUT2D eigenvalue weighted by Gasteiger charge is 2.28. The van der Waals surface area contributed by atoms with E-state index in [0.29, 0.717) is 25.5 Å². The molecule has 8 nitrogen and oxygen atoms in total. The quantitative estimate of drug-likeness (QED) is 0.741. The summed E-state index contributed by atoms with van der Waals surface area (Å²) >= 11 is 0. The zero-order valence-electron chi connectivity index (χ0n) is 16.2. The van der Waals surface area contributed by atoms with E-state index in [1.54, 1.807) is 0 Å². The number of esters is 1. The summed E-state index contributed by atoms with van der Waals surface area (Å²) in [6.07, 6.45) is 4.32. The van der Waals surface area contributed by atoms with Crippen LogP contribution in [0.5, 0.6) is 0 Å². The summed E-state index contributed by atoms with van der Waals surface area (Å²) in [5.41, 5.74) is 0.962. The summed E-state index contributed by atoms with van der Waals surface area (Å²) in [4.78, 5) is 25.9. The number of anilines is 1. The van der Waals surface area contributed by atoms with Crippen molar-refractivity contribution in [3.63, 3.8) is 0 Å². The molecule has 0 saturated carbocycles. The van der Waals surface area contributed by atoms with Crippen molar-refractivity contribution < 1.29 is 9.53 Å². The molecule has 4 rings (SSSR count). The number of nitrogens with zero attached hydrogens (tertiary/aromatic N) is 6. The molecule has 2 aromatic rings. The molecule has 0 N–H and O–H groups in total. The maximum Gasteiger partial charge on any atom is 0.310 e. The van der Waals surface area contributed by atoms with Crippen LogP contribution in [0, 0.1) is 12.8 Å². The zero-order valence-corrected chi connectivity index (χ0v) is 16.2. The molecule has 27 heavy (non-hydrogen) atoms. The van der Waals surface area contributed by atoms with Gasteiger partial charge < -0.3 is 9.64 Å². The van der Waals surface area contributed by atoms with Crippen molar-refractivity contribution in [3.8, 4) is 0 Å². The monoisotopic (exact) mass is 372 g/mol. The fourth-order valence-corrected chi connectivity index (χ4v) is 4.10. The number of aryl methyl sites for hydroxylation is 1. The molecule has 1 atom stereocenters. The van der Waals surface area contributed by atoms with E-state index in [1.807, 2.05) is 18.4 Å². The van der Waals surface area contributed by atoms with Crippen molar-refractivity contribution in [2.45, 2.75) is 46.1 Å². The number of fused-ring (bicyclic) bond motifs is 1. The maximum absolute atomic E-state index is 12.1. The maximum atomic E-state index is 12.1. The zero-order chi connectivity index (χ0) is 18.8. The number of piperidine rings is 1. The number of carbonyl (C=O) groups excluding carboxylic acids is 1. The summed E-state index contributed by atoms with van der Waals surface area (Å²) in [6.45, 7) is 8.71. The van der Waals surface area contributed by atoms with Gasteiger partial charge in [0.1, 0.15) is 5.82 Å². The third-order valence-corrected chi connectivity index (χ3v) is 5.39. The average molecular weight is 372 g/mol. The Morgan fingerprint density at radius 3 is 2.81 bits per heavy atom. The van der Waals surface area contributed by atoms with Crippen molar-refractivity contribution in [2.75, 3.05) is 37.7 Å². The van der Waals surface area contributed by atoms with Crippen molar-refractivity contribution >= 4 is 17.6 Å². The Balaban J connectivity index is 1.52. The van der Waals surface area contributed by atoms with E-state index in [9.17, 15) is 4.79 Å². The van der Waals surface area contributed by atoms with Gasteiger partial charge in [0.25, 0.3) is 5.78 Å². The molecule has 0 aromatic carbocycles. The predicted molar refractivity (Wildman–Crippen MR) is 102 cm³/mol. The molecule has 4 heterocycles. The molecule has 2 aliphatic heterocycles. The van der Waals surface area contributed by atoms with E-state index in [-0.39, 0.29) is 11.9 Å². The SMILES string of the molecule is CCOC(=O)[C@@H]1CCCN(Cc2nc3nc(C)cc(N4CCCC4)n3n2)C1. The average Bonchev–Trinajstić information content (AvgIpc) is 3.31. The van der Waals surface area contributed by atoms with Crippen molar-refractivity contribution in [1.82, 2.24) is 24.5 Å². The molecule has 2 saturated heterocycles. The fourth-order valence-electron chi connectivity index (χ4n) is 4.10. The number of ether oxygens (including phenoxy) is 1. The normalized spacial score (nSPS) is 21.1. The van der Waals surface area contributed by atoms with Crippen LogP contribution in [0.3, 0.4) is 0 Å². The Morgan fingerprint density at radius 1 is 1.22 bits per heavy atom. The van der Waals surface area contributed by atoms with Gasteiger partial charge in [-0.25, -0.2) is 4.98 Å². The summed E-state index contributed by atoms with van der Waals surface area (Å²) < 4.78 is 7.07. The van der Waals surface area contributed by atoms with Crippen LogP contribution in [0.15, 0.2) is 6.07 Å². The van der Waals surface area contributed by atoms with Gasteiger partial charge in [-0.2, -0.15) is 9.50 Å². The molecule has 0 aliphatic carbocycles. The van der Waals surface area contributed by atoms with Gasteiger partial charge in [-0.05, 0) is 46.1 Å². The highest BCUT2D eigenvalue weighted by molar-refractivity contribution is 5.72. The van der Waals surface area contributed by atoms with Gasteiger partial charge >= 0.3 is 5.97 Å². The minimum atomic E-state index is -0.0845. The molecule has 2 aliphatic rings.